The second-order valence-corrected chi connectivity index (χ2v) is 10.1. The Bertz CT molecular complexity index is 690. The Morgan fingerprint density at radius 1 is 1.12 bits per heavy atom. The van der Waals surface area contributed by atoms with Crippen LogP contribution in [0.3, 0.4) is 0 Å². The molecule has 0 bridgehead atoms. The predicted molar refractivity (Wildman–Crippen MR) is 141 cm³/mol. The minimum absolute atomic E-state index is 0.157. The summed E-state index contributed by atoms with van der Waals surface area (Å²) in [6.45, 7) is 6.60. The Labute approximate surface area is 204 Å². The molecule has 0 heterocycles. The van der Waals surface area contributed by atoms with E-state index in [0.717, 1.165) is 30.6 Å². The lowest BCUT2D eigenvalue weighted by atomic mass is 9.84. The molecule has 0 saturated carbocycles. The molecule has 4 atom stereocenters. The molecule has 0 spiro atoms. The highest BCUT2D eigenvalue weighted by Crippen LogP contribution is 2.25. The third-order valence-electron chi connectivity index (χ3n) is 6.02. The first-order valence-corrected chi connectivity index (χ1v) is 13.7. The third kappa shape index (κ3) is 11.0. The highest BCUT2D eigenvalue weighted by Gasteiger charge is 2.26. The molecule has 1 rings (SSSR count). The number of aliphatic carboxylic acids is 1. The van der Waals surface area contributed by atoms with Crippen molar-refractivity contribution >= 4 is 36.3 Å². The molecule has 0 aliphatic rings. The smallest absolute Gasteiger partial charge is 0.326 e. The van der Waals surface area contributed by atoms with Crippen molar-refractivity contribution in [2.45, 2.75) is 58.9 Å². The van der Waals surface area contributed by atoms with Gasteiger partial charge in [0.2, 0.25) is 5.91 Å². The monoisotopic (exact) mass is 479 g/mol. The summed E-state index contributed by atoms with van der Waals surface area (Å²) >= 11 is 6.02. The Morgan fingerprint density at radius 3 is 2.34 bits per heavy atom. The van der Waals surface area contributed by atoms with Gasteiger partial charge in [0.25, 0.3) is 0 Å². The van der Waals surface area contributed by atoms with Crippen LogP contribution in [-0.4, -0.2) is 40.8 Å². The second kappa shape index (κ2) is 16.2. The van der Waals surface area contributed by atoms with Gasteiger partial charge in [-0.05, 0) is 73.2 Å². The summed E-state index contributed by atoms with van der Waals surface area (Å²) in [5, 5.41) is 12.4. The van der Waals surface area contributed by atoms with Crippen LogP contribution in [0.4, 0.5) is 0 Å². The number of carboxylic acid groups (broad SMARTS) is 1. The normalized spacial score (nSPS) is 15.4. The van der Waals surface area contributed by atoms with Crippen molar-refractivity contribution in [3.05, 3.63) is 48.0 Å². The van der Waals surface area contributed by atoms with Crippen LogP contribution in [0, 0.1) is 23.7 Å². The van der Waals surface area contributed by atoms with Gasteiger partial charge < -0.3 is 10.4 Å². The number of thioether (sulfide) groups is 1. The van der Waals surface area contributed by atoms with Crippen molar-refractivity contribution in [2.24, 2.45) is 23.7 Å². The number of amides is 1. The van der Waals surface area contributed by atoms with Gasteiger partial charge in [0, 0.05) is 5.92 Å². The number of carboxylic acids is 1. The van der Waals surface area contributed by atoms with Crippen molar-refractivity contribution in [1.29, 1.82) is 0 Å². The summed E-state index contributed by atoms with van der Waals surface area (Å²) in [6.07, 6.45) is 10.2. The summed E-state index contributed by atoms with van der Waals surface area (Å²) < 4.78 is 0. The highest BCUT2D eigenvalue weighted by molar-refractivity contribution is 7.98. The van der Waals surface area contributed by atoms with E-state index in [0.29, 0.717) is 36.3 Å². The molecule has 180 valence electrons. The first kappa shape index (κ1) is 28.6. The van der Waals surface area contributed by atoms with Crippen molar-refractivity contribution in [3.63, 3.8) is 0 Å². The standard InChI is InChI=1S/C26H41NO3S2/c1-5-20(18-31)11-12-22(19(2)3)13-14-23(17-21-9-7-6-8-10-21)25(28)27-24(26(29)30)15-16-32-4/h6-12,19-20,22-24,31H,5,13-18H2,1-4H3,(H,27,28)(H,29,30)/b12-11+/t20?,22?,23?,24-/m0/s1. The van der Waals surface area contributed by atoms with Crippen LogP contribution in [0.25, 0.3) is 0 Å². The van der Waals surface area contributed by atoms with Crippen LogP contribution >= 0.6 is 24.4 Å². The van der Waals surface area contributed by atoms with Gasteiger partial charge in [-0.1, -0.05) is 63.3 Å². The van der Waals surface area contributed by atoms with Gasteiger partial charge in [-0.2, -0.15) is 24.4 Å². The van der Waals surface area contributed by atoms with Crippen LogP contribution in [0.2, 0.25) is 0 Å². The number of thiol groups is 1. The maximum atomic E-state index is 13.2. The fourth-order valence-electron chi connectivity index (χ4n) is 3.68. The van der Waals surface area contributed by atoms with Gasteiger partial charge in [0.15, 0.2) is 0 Å². The van der Waals surface area contributed by atoms with Gasteiger partial charge >= 0.3 is 5.97 Å². The number of rotatable bonds is 16. The van der Waals surface area contributed by atoms with E-state index in [1.54, 1.807) is 11.8 Å². The largest absolute Gasteiger partial charge is 0.480 e. The molecule has 0 aliphatic carbocycles. The van der Waals surface area contributed by atoms with Crippen LogP contribution in [0.5, 0.6) is 0 Å². The molecule has 0 radical (unpaired) electrons. The first-order valence-electron chi connectivity index (χ1n) is 11.7. The number of nitrogens with one attached hydrogen (secondary N) is 1. The quantitative estimate of drug-likeness (QED) is 0.209. The summed E-state index contributed by atoms with van der Waals surface area (Å²) in [6, 6.07) is 9.14. The minimum Gasteiger partial charge on any atom is -0.480 e. The fourth-order valence-corrected chi connectivity index (χ4v) is 4.53. The zero-order valence-electron chi connectivity index (χ0n) is 20.0. The number of carbonyl (C=O) groups excluding carboxylic acids is 1. The van der Waals surface area contributed by atoms with E-state index in [1.807, 2.05) is 36.6 Å². The Morgan fingerprint density at radius 2 is 1.81 bits per heavy atom. The van der Waals surface area contributed by atoms with Gasteiger partial charge in [-0.25, -0.2) is 4.79 Å². The Kier molecular flexibility index (Phi) is 14.5. The Hall–Kier alpha value is -1.40. The van der Waals surface area contributed by atoms with E-state index in [-0.39, 0.29) is 11.8 Å². The lowest BCUT2D eigenvalue weighted by Crippen LogP contribution is -2.44. The van der Waals surface area contributed by atoms with Gasteiger partial charge in [0.1, 0.15) is 6.04 Å². The molecule has 6 heteroatoms. The van der Waals surface area contributed by atoms with E-state index >= 15 is 0 Å². The second-order valence-electron chi connectivity index (χ2n) is 8.79. The van der Waals surface area contributed by atoms with Crippen LogP contribution < -0.4 is 5.32 Å². The zero-order valence-corrected chi connectivity index (χ0v) is 21.7. The predicted octanol–water partition coefficient (Wildman–Crippen LogP) is 5.73. The molecule has 3 unspecified atom stereocenters. The average Bonchev–Trinajstić information content (AvgIpc) is 2.78. The van der Waals surface area contributed by atoms with E-state index in [1.165, 1.54) is 0 Å². The van der Waals surface area contributed by atoms with Gasteiger partial charge in [0.05, 0.1) is 0 Å². The van der Waals surface area contributed by atoms with E-state index in [4.69, 9.17) is 0 Å². The summed E-state index contributed by atoms with van der Waals surface area (Å²) in [5.74, 6) is 1.47. The topological polar surface area (TPSA) is 66.4 Å². The molecule has 0 saturated heterocycles. The molecule has 2 N–H and O–H groups in total. The number of allylic oxidation sites excluding steroid dienone is 2. The maximum absolute atomic E-state index is 13.2. The number of benzene rings is 1. The van der Waals surface area contributed by atoms with E-state index < -0.39 is 12.0 Å². The SMILES string of the molecule is CCC(/C=C/C(CCC(Cc1ccccc1)C(=O)N[C@@H](CCSC)C(=O)O)C(C)C)CS. The van der Waals surface area contributed by atoms with Crippen LogP contribution in [0.15, 0.2) is 42.5 Å². The summed E-state index contributed by atoms with van der Waals surface area (Å²) in [7, 11) is 0. The van der Waals surface area contributed by atoms with Crippen LogP contribution in [0.1, 0.15) is 52.0 Å². The van der Waals surface area contributed by atoms with Crippen molar-refractivity contribution in [1.82, 2.24) is 5.32 Å². The lowest BCUT2D eigenvalue weighted by Gasteiger charge is -2.24. The van der Waals surface area contributed by atoms with Crippen LogP contribution in [-0.2, 0) is 16.0 Å². The zero-order chi connectivity index (χ0) is 23.9. The van der Waals surface area contributed by atoms with E-state index in [2.05, 4.69) is 50.9 Å². The molecule has 32 heavy (non-hydrogen) atoms. The molecular weight excluding hydrogens is 438 g/mol. The third-order valence-corrected chi connectivity index (χ3v) is 7.13. The van der Waals surface area contributed by atoms with E-state index in [9.17, 15) is 14.7 Å². The van der Waals surface area contributed by atoms with Crippen molar-refractivity contribution in [2.75, 3.05) is 17.8 Å². The lowest BCUT2D eigenvalue weighted by molar-refractivity contribution is -0.142. The highest BCUT2D eigenvalue weighted by atomic mass is 32.2. The summed E-state index contributed by atoms with van der Waals surface area (Å²) in [4.78, 5) is 24.8. The summed E-state index contributed by atoms with van der Waals surface area (Å²) in [5.41, 5.74) is 1.10. The molecule has 0 aromatic heterocycles. The molecular formula is C26H41NO3S2. The fraction of sp³-hybridized carbons (Fsp3) is 0.615. The van der Waals surface area contributed by atoms with Crippen molar-refractivity contribution in [3.8, 4) is 0 Å². The van der Waals surface area contributed by atoms with Gasteiger partial charge in [-0.3, -0.25) is 4.79 Å². The molecule has 4 nitrogen and oxygen atoms in total. The van der Waals surface area contributed by atoms with Crippen molar-refractivity contribution < 1.29 is 14.7 Å². The number of carbonyl (C=O) groups is 2. The average molecular weight is 480 g/mol. The molecule has 1 aromatic rings. The molecule has 1 amide bonds. The maximum Gasteiger partial charge on any atom is 0.326 e. The molecule has 0 aliphatic heterocycles. The molecule has 0 fully saturated rings. The minimum atomic E-state index is -0.966. The number of hydrogen-bond acceptors (Lipinski definition) is 4. The number of hydrogen-bond donors (Lipinski definition) is 3. The van der Waals surface area contributed by atoms with Gasteiger partial charge in [-0.15, -0.1) is 0 Å². The Balaban J connectivity index is 2.94. The molecule has 1 aromatic carbocycles. The first-order chi connectivity index (χ1) is 15.3.